The second-order valence-corrected chi connectivity index (χ2v) is 5.55. The van der Waals surface area contributed by atoms with E-state index >= 15 is 0 Å². The van der Waals surface area contributed by atoms with Crippen molar-refractivity contribution < 1.29 is 4.74 Å². The maximum atomic E-state index is 6.24. The number of rotatable bonds is 4. The van der Waals surface area contributed by atoms with Crippen molar-refractivity contribution in [1.29, 1.82) is 0 Å². The van der Waals surface area contributed by atoms with E-state index in [-0.39, 0.29) is 0 Å². The molecule has 106 valence electrons. The molecule has 0 atom stereocenters. The van der Waals surface area contributed by atoms with E-state index in [0.29, 0.717) is 18.2 Å². The molecule has 20 heavy (non-hydrogen) atoms. The fourth-order valence-corrected chi connectivity index (χ4v) is 2.64. The summed E-state index contributed by atoms with van der Waals surface area (Å²) in [6.07, 6.45) is 0. The van der Waals surface area contributed by atoms with Crippen LogP contribution in [0.2, 0.25) is 5.02 Å². The van der Waals surface area contributed by atoms with Crippen molar-refractivity contribution in [3.63, 3.8) is 0 Å². The van der Waals surface area contributed by atoms with E-state index in [2.05, 4.69) is 32.9 Å². The largest absolute Gasteiger partial charge is 0.488 e. The third-order valence-corrected chi connectivity index (χ3v) is 3.68. The highest BCUT2D eigenvalue weighted by Crippen LogP contribution is 2.27. The van der Waals surface area contributed by atoms with Gasteiger partial charge in [0, 0.05) is 17.1 Å². The Morgan fingerprint density at radius 2 is 1.70 bits per heavy atom. The number of hydrogen-bond acceptors (Lipinski definition) is 2. The number of nitrogens with two attached hydrogens (primary N) is 1. The lowest BCUT2D eigenvalue weighted by atomic mass is 10.1. The predicted octanol–water partition coefficient (Wildman–Crippen LogP) is 4.30. The van der Waals surface area contributed by atoms with Gasteiger partial charge in [0.15, 0.2) is 0 Å². The molecule has 2 aromatic rings. The number of hydrogen-bond donors (Lipinski definition) is 1. The van der Waals surface area contributed by atoms with Crippen LogP contribution in [-0.4, -0.2) is 0 Å². The Balaban J connectivity index is 2.17. The first-order chi connectivity index (χ1) is 9.51. The van der Waals surface area contributed by atoms with Gasteiger partial charge in [-0.05, 0) is 43.5 Å². The van der Waals surface area contributed by atoms with Crippen molar-refractivity contribution in [2.24, 2.45) is 5.73 Å². The Bertz CT molecular complexity index is 599. The Labute approximate surface area is 125 Å². The van der Waals surface area contributed by atoms with Crippen molar-refractivity contribution in [3.8, 4) is 5.75 Å². The third kappa shape index (κ3) is 3.33. The summed E-state index contributed by atoms with van der Waals surface area (Å²) in [7, 11) is 0. The zero-order valence-electron chi connectivity index (χ0n) is 12.2. The van der Waals surface area contributed by atoms with Crippen LogP contribution in [0.4, 0.5) is 0 Å². The molecule has 0 amide bonds. The van der Waals surface area contributed by atoms with Gasteiger partial charge in [0.2, 0.25) is 0 Å². The lowest BCUT2D eigenvalue weighted by Crippen LogP contribution is -2.02. The SMILES string of the molecule is Cc1cc(C)c(OCc2ccc(CN)cc2Cl)c(C)c1. The van der Waals surface area contributed by atoms with Gasteiger partial charge in [-0.15, -0.1) is 0 Å². The van der Waals surface area contributed by atoms with E-state index in [4.69, 9.17) is 22.1 Å². The summed E-state index contributed by atoms with van der Waals surface area (Å²) in [5.41, 5.74) is 11.2. The van der Waals surface area contributed by atoms with Gasteiger partial charge < -0.3 is 10.5 Å². The van der Waals surface area contributed by atoms with E-state index in [0.717, 1.165) is 28.0 Å². The first-order valence-electron chi connectivity index (χ1n) is 6.69. The van der Waals surface area contributed by atoms with Crippen LogP contribution in [0.25, 0.3) is 0 Å². The summed E-state index contributed by atoms with van der Waals surface area (Å²) in [5, 5.41) is 0.704. The average molecular weight is 290 g/mol. The van der Waals surface area contributed by atoms with Crippen molar-refractivity contribution in [2.75, 3.05) is 0 Å². The molecule has 0 saturated heterocycles. The van der Waals surface area contributed by atoms with Crippen LogP contribution in [0.5, 0.6) is 5.75 Å². The van der Waals surface area contributed by atoms with Gasteiger partial charge in [-0.1, -0.05) is 41.4 Å². The van der Waals surface area contributed by atoms with Gasteiger partial charge in [-0.3, -0.25) is 0 Å². The quantitative estimate of drug-likeness (QED) is 0.910. The molecule has 2 aromatic carbocycles. The Kier molecular flexibility index (Phi) is 4.69. The van der Waals surface area contributed by atoms with Crippen LogP contribution in [0.1, 0.15) is 27.8 Å². The van der Waals surface area contributed by atoms with Crippen LogP contribution in [0.3, 0.4) is 0 Å². The minimum Gasteiger partial charge on any atom is -0.488 e. The van der Waals surface area contributed by atoms with Gasteiger partial charge in [-0.25, -0.2) is 0 Å². The molecule has 0 saturated carbocycles. The molecule has 0 heterocycles. The summed E-state index contributed by atoms with van der Waals surface area (Å²) >= 11 is 6.24. The molecule has 0 spiro atoms. The molecule has 0 aliphatic carbocycles. The molecule has 0 bridgehead atoms. The van der Waals surface area contributed by atoms with Crippen molar-refractivity contribution in [2.45, 2.75) is 33.9 Å². The summed E-state index contributed by atoms with van der Waals surface area (Å²) in [6, 6.07) is 10.1. The van der Waals surface area contributed by atoms with E-state index in [9.17, 15) is 0 Å². The fourth-order valence-electron chi connectivity index (χ4n) is 2.38. The summed E-state index contributed by atoms with van der Waals surface area (Å²) in [6.45, 7) is 7.18. The molecule has 0 unspecified atom stereocenters. The average Bonchev–Trinajstić information content (AvgIpc) is 2.39. The van der Waals surface area contributed by atoms with E-state index in [1.54, 1.807) is 0 Å². The minimum absolute atomic E-state index is 0.467. The maximum absolute atomic E-state index is 6.24. The van der Waals surface area contributed by atoms with Crippen molar-refractivity contribution in [3.05, 3.63) is 63.2 Å². The summed E-state index contributed by atoms with van der Waals surface area (Å²) < 4.78 is 5.95. The molecule has 3 heteroatoms. The van der Waals surface area contributed by atoms with Crippen LogP contribution in [0.15, 0.2) is 30.3 Å². The number of ether oxygens (including phenoxy) is 1. The highest BCUT2D eigenvalue weighted by atomic mass is 35.5. The molecular weight excluding hydrogens is 270 g/mol. The molecule has 0 aliphatic heterocycles. The molecule has 0 aromatic heterocycles. The van der Waals surface area contributed by atoms with E-state index in [1.165, 1.54) is 5.56 Å². The highest BCUT2D eigenvalue weighted by Gasteiger charge is 2.07. The van der Waals surface area contributed by atoms with Crippen LogP contribution in [0, 0.1) is 20.8 Å². The van der Waals surface area contributed by atoms with Crippen molar-refractivity contribution >= 4 is 11.6 Å². The Morgan fingerprint density at radius 1 is 1.05 bits per heavy atom. The van der Waals surface area contributed by atoms with Gasteiger partial charge in [0.05, 0.1) is 0 Å². The molecular formula is C17H20ClNO. The molecule has 0 radical (unpaired) electrons. The van der Waals surface area contributed by atoms with E-state index < -0.39 is 0 Å². The molecule has 0 aliphatic rings. The topological polar surface area (TPSA) is 35.2 Å². The molecule has 0 fully saturated rings. The lowest BCUT2D eigenvalue weighted by molar-refractivity contribution is 0.302. The van der Waals surface area contributed by atoms with Gasteiger partial charge in [-0.2, -0.15) is 0 Å². The highest BCUT2D eigenvalue weighted by molar-refractivity contribution is 6.31. The van der Waals surface area contributed by atoms with Gasteiger partial charge >= 0.3 is 0 Å². The molecule has 2 rings (SSSR count). The molecule has 2 nitrogen and oxygen atoms in total. The second kappa shape index (κ2) is 6.29. The number of aryl methyl sites for hydroxylation is 3. The standard InChI is InChI=1S/C17H20ClNO/c1-11-6-12(2)17(13(3)7-11)20-10-15-5-4-14(9-19)8-16(15)18/h4-8H,9-10,19H2,1-3H3. The predicted molar refractivity (Wildman–Crippen MR) is 84.3 cm³/mol. The number of halogens is 1. The summed E-state index contributed by atoms with van der Waals surface area (Å²) in [5.74, 6) is 0.939. The monoisotopic (exact) mass is 289 g/mol. The zero-order valence-corrected chi connectivity index (χ0v) is 12.9. The Hall–Kier alpha value is -1.51. The van der Waals surface area contributed by atoms with Crippen molar-refractivity contribution in [1.82, 2.24) is 0 Å². The van der Waals surface area contributed by atoms with Gasteiger partial charge in [0.25, 0.3) is 0 Å². The number of benzene rings is 2. The second-order valence-electron chi connectivity index (χ2n) is 5.15. The molecule has 2 N–H and O–H groups in total. The van der Waals surface area contributed by atoms with Crippen LogP contribution < -0.4 is 10.5 Å². The summed E-state index contributed by atoms with van der Waals surface area (Å²) in [4.78, 5) is 0. The smallest absolute Gasteiger partial charge is 0.125 e. The van der Waals surface area contributed by atoms with Crippen LogP contribution >= 0.6 is 11.6 Å². The van der Waals surface area contributed by atoms with Crippen LogP contribution in [-0.2, 0) is 13.2 Å². The van der Waals surface area contributed by atoms with E-state index in [1.807, 2.05) is 18.2 Å². The van der Waals surface area contributed by atoms with Gasteiger partial charge in [0.1, 0.15) is 12.4 Å². The Morgan fingerprint density at radius 3 is 2.25 bits per heavy atom. The normalized spacial score (nSPS) is 10.7. The zero-order chi connectivity index (χ0) is 14.7. The third-order valence-electron chi connectivity index (χ3n) is 3.33. The lowest BCUT2D eigenvalue weighted by Gasteiger charge is -2.14. The maximum Gasteiger partial charge on any atom is 0.125 e. The first kappa shape index (κ1) is 14.9. The minimum atomic E-state index is 0.467. The fraction of sp³-hybridized carbons (Fsp3) is 0.294. The first-order valence-corrected chi connectivity index (χ1v) is 7.07.